The summed E-state index contributed by atoms with van der Waals surface area (Å²) in [5.74, 6) is 0.876. The summed E-state index contributed by atoms with van der Waals surface area (Å²) in [6.45, 7) is 6.88. The summed E-state index contributed by atoms with van der Waals surface area (Å²) in [5.41, 5.74) is 2.57. The van der Waals surface area contributed by atoms with Crippen molar-refractivity contribution in [1.29, 1.82) is 0 Å². The van der Waals surface area contributed by atoms with Crippen molar-refractivity contribution in [3.8, 4) is 0 Å². The van der Waals surface area contributed by atoms with Crippen LogP contribution >= 0.6 is 12.4 Å². The standard InChI is InChI=1S/C14H21N3.ClH/c1-11-12(3-2-6-15-11)9-17-8-5-14-13(10-17)4-7-16-14;/h2-3,6,13-14,16H,4-5,7-10H2,1H3;1H. The fourth-order valence-corrected chi connectivity index (χ4v) is 3.19. The average Bonchev–Trinajstić information content (AvgIpc) is 2.79. The van der Waals surface area contributed by atoms with Crippen LogP contribution in [0.5, 0.6) is 0 Å². The second-order valence-electron chi connectivity index (χ2n) is 5.38. The maximum Gasteiger partial charge on any atom is 0.0417 e. The summed E-state index contributed by atoms with van der Waals surface area (Å²) in [7, 11) is 0. The Bertz CT molecular complexity index is 396. The van der Waals surface area contributed by atoms with Crippen LogP contribution in [-0.4, -0.2) is 35.6 Å². The zero-order valence-corrected chi connectivity index (χ0v) is 11.7. The fraction of sp³-hybridized carbons (Fsp3) is 0.643. The highest BCUT2D eigenvalue weighted by atomic mass is 35.5. The molecule has 2 unspecified atom stereocenters. The molecule has 2 aliphatic rings. The van der Waals surface area contributed by atoms with Gasteiger partial charge in [0, 0.05) is 31.0 Å². The van der Waals surface area contributed by atoms with Gasteiger partial charge in [-0.2, -0.15) is 0 Å². The number of pyridine rings is 1. The molecule has 0 amide bonds. The summed E-state index contributed by atoms with van der Waals surface area (Å²) in [5, 5.41) is 3.62. The molecule has 0 radical (unpaired) electrons. The molecule has 2 saturated heterocycles. The molecule has 0 bridgehead atoms. The van der Waals surface area contributed by atoms with E-state index in [0.717, 1.165) is 18.5 Å². The molecule has 2 atom stereocenters. The van der Waals surface area contributed by atoms with E-state index in [1.807, 2.05) is 12.3 Å². The monoisotopic (exact) mass is 267 g/mol. The van der Waals surface area contributed by atoms with Crippen molar-refractivity contribution >= 4 is 12.4 Å². The Hall–Kier alpha value is -0.640. The molecular formula is C14H22ClN3. The number of likely N-dealkylation sites (tertiary alicyclic amines) is 1. The maximum absolute atomic E-state index is 4.37. The van der Waals surface area contributed by atoms with Crippen LogP contribution in [0.1, 0.15) is 24.1 Å². The Labute approximate surface area is 115 Å². The lowest BCUT2D eigenvalue weighted by Gasteiger charge is -2.35. The zero-order valence-electron chi connectivity index (χ0n) is 10.9. The Kier molecular flexibility index (Phi) is 4.60. The molecule has 3 nitrogen and oxygen atoms in total. The molecule has 0 aromatic carbocycles. The summed E-state index contributed by atoms with van der Waals surface area (Å²) >= 11 is 0. The number of halogens is 1. The number of hydrogen-bond donors (Lipinski definition) is 1. The van der Waals surface area contributed by atoms with Gasteiger partial charge in [0.15, 0.2) is 0 Å². The normalized spacial score (nSPS) is 27.6. The van der Waals surface area contributed by atoms with Gasteiger partial charge in [-0.25, -0.2) is 0 Å². The molecular weight excluding hydrogens is 246 g/mol. The highest BCUT2D eigenvalue weighted by Gasteiger charge is 2.32. The van der Waals surface area contributed by atoms with Crippen LogP contribution in [0, 0.1) is 12.8 Å². The molecule has 100 valence electrons. The Morgan fingerprint density at radius 1 is 1.44 bits per heavy atom. The van der Waals surface area contributed by atoms with Crippen molar-refractivity contribution in [3.63, 3.8) is 0 Å². The first-order chi connectivity index (χ1) is 8.33. The summed E-state index contributed by atoms with van der Waals surface area (Å²) < 4.78 is 0. The lowest BCUT2D eigenvalue weighted by Crippen LogP contribution is -2.44. The second-order valence-corrected chi connectivity index (χ2v) is 5.38. The van der Waals surface area contributed by atoms with Gasteiger partial charge in [-0.05, 0) is 50.4 Å². The number of nitrogens with zero attached hydrogens (tertiary/aromatic N) is 2. The van der Waals surface area contributed by atoms with Crippen LogP contribution < -0.4 is 5.32 Å². The predicted molar refractivity (Wildman–Crippen MR) is 76.0 cm³/mol. The quantitative estimate of drug-likeness (QED) is 0.888. The van der Waals surface area contributed by atoms with E-state index >= 15 is 0 Å². The molecule has 18 heavy (non-hydrogen) atoms. The van der Waals surface area contributed by atoms with Crippen molar-refractivity contribution in [2.45, 2.75) is 32.4 Å². The summed E-state index contributed by atoms with van der Waals surface area (Å²) in [6.07, 6.45) is 4.54. The van der Waals surface area contributed by atoms with E-state index in [-0.39, 0.29) is 12.4 Å². The van der Waals surface area contributed by atoms with Gasteiger partial charge in [0.05, 0.1) is 0 Å². The van der Waals surface area contributed by atoms with Crippen LogP contribution in [0.25, 0.3) is 0 Å². The highest BCUT2D eigenvalue weighted by Crippen LogP contribution is 2.25. The first-order valence-corrected chi connectivity index (χ1v) is 6.69. The van der Waals surface area contributed by atoms with E-state index < -0.39 is 0 Å². The summed E-state index contributed by atoms with van der Waals surface area (Å²) in [6, 6.07) is 5.05. The highest BCUT2D eigenvalue weighted by molar-refractivity contribution is 5.85. The van der Waals surface area contributed by atoms with E-state index in [1.165, 1.54) is 43.7 Å². The topological polar surface area (TPSA) is 28.2 Å². The van der Waals surface area contributed by atoms with Gasteiger partial charge in [0.1, 0.15) is 0 Å². The first kappa shape index (κ1) is 13.8. The first-order valence-electron chi connectivity index (χ1n) is 6.69. The second kappa shape index (κ2) is 6.00. The molecule has 3 heterocycles. The van der Waals surface area contributed by atoms with Gasteiger partial charge in [0.2, 0.25) is 0 Å². The number of rotatable bonds is 2. The Morgan fingerprint density at radius 2 is 2.33 bits per heavy atom. The SMILES string of the molecule is Cc1ncccc1CN1CCC2NCCC2C1.Cl. The number of nitrogens with one attached hydrogen (secondary N) is 1. The van der Waals surface area contributed by atoms with Crippen molar-refractivity contribution in [2.24, 2.45) is 5.92 Å². The minimum atomic E-state index is 0. The minimum Gasteiger partial charge on any atom is -0.314 e. The third-order valence-electron chi connectivity index (χ3n) is 4.25. The van der Waals surface area contributed by atoms with Gasteiger partial charge in [-0.3, -0.25) is 9.88 Å². The van der Waals surface area contributed by atoms with Gasteiger partial charge in [0.25, 0.3) is 0 Å². The predicted octanol–water partition coefficient (Wildman–Crippen LogP) is 2.00. The third kappa shape index (κ3) is 2.85. The molecule has 1 aromatic heterocycles. The molecule has 4 heteroatoms. The van der Waals surface area contributed by atoms with E-state index in [9.17, 15) is 0 Å². The molecule has 2 fully saturated rings. The maximum atomic E-state index is 4.37. The van der Waals surface area contributed by atoms with Crippen LogP contribution in [0.4, 0.5) is 0 Å². The molecule has 1 aromatic rings. The molecule has 3 rings (SSSR count). The molecule has 0 spiro atoms. The minimum absolute atomic E-state index is 0. The van der Waals surface area contributed by atoms with Crippen molar-refractivity contribution in [3.05, 3.63) is 29.6 Å². The fourth-order valence-electron chi connectivity index (χ4n) is 3.19. The summed E-state index contributed by atoms with van der Waals surface area (Å²) in [4.78, 5) is 6.97. The van der Waals surface area contributed by atoms with Crippen LogP contribution in [0.2, 0.25) is 0 Å². The number of aryl methyl sites for hydroxylation is 1. The molecule has 2 aliphatic heterocycles. The van der Waals surface area contributed by atoms with Crippen LogP contribution in [0.15, 0.2) is 18.3 Å². The van der Waals surface area contributed by atoms with E-state index in [2.05, 4.69) is 28.2 Å². The van der Waals surface area contributed by atoms with Crippen molar-refractivity contribution in [2.75, 3.05) is 19.6 Å². The number of piperidine rings is 1. The zero-order chi connectivity index (χ0) is 11.7. The van der Waals surface area contributed by atoms with E-state index in [1.54, 1.807) is 0 Å². The lowest BCUT2D eigenvalue weighted by molar-refractivity contribution is 0.155. The third-order valence-corrected chi connectivity index (χ3v) is 4.25. The largest absolute Gasteiger partial charge is 0.314 e. The van der Waals surface area contributed by atoms with Gasteiger partial charge < -0.3 is 5.32 Å². The number of fused-ring (bicyclic) bond motifs is 1. The Balaban J connectivity index is 0.00000120. The van der Waals surface area contributed by atoms with E-state index in [0.29, 0.717) is 0 Å². The number of hydrogen-bond acceptors (Lipinski definition) is 3. The molecule has 1 N–H and O–H groups in total. The van der Waals surface area contributed by atoms with Crippen molar-refractivity contribution < 1.29 is 0 Å². The van der Waals surface area contributed by atoms with Crippen LogP contribution in [-0.2, 0) is 6.54 Å². The van der Waals surface area contributed by atoms with Crippen LogP contribution in [0.3, 0.4) is 0 Å². The molecule has 0 aliphatic carbocycles. The Morgan fingerprint density at radius 3 is 3.17 bits per heavy atom. The van der Waals surface area contributed by atoms with Crippen molar-refractivity contribution in [1.82, 2.24) is 15.2 Å². The molecule has 0 saturated carbocycles. The number of aromatic nitrogens is 1. The van der Waals surface area contributed by atoms with Gasteiger partial charge >= 0.3 is 0 Å². The van der Waals surface area contributed by atoms with E-state index in [4.69, 9.17) is 0 Å². The smallest absolute Gasteiger partial charge is 0.0417 e. The lowest BCUT2D eigenvalue weighted by atomic mass is 9.93. The average molecular weight is 268 g/mol. The van der Waals surface area contributed by atoms with Gasteiger partial charge in [-0.1, -0.05) is 6.07 Å². The van der Waals surface area contributed by atoms with Gasteiger partial charge in [-0.15, -0.1) is 12.4 Å².